The highest BCUT2D eigenvalue weighted by Gasteiger charge is 2.24. The lowest BCUT2D eigenvalue weighted by molar-refractivity contribution is 0.154. The highest BCUT2D eigenvalue weighted by Crippen LogP contribution is 2.15. The average Bonchev–Trinajstić information content (AvgIpc) is 2.68. The molecule has 2 nitrogen and oxygen atoms in total. The van der Waals surface area contributed by atoms with Crippen LogP contribution in [0.4, 0.5) is 0 Å². The lowest BCUT2D eigenvalue weighted by Gasteiger charge is -2.24. The third-order valence-corrected chi connectivity index (χ3v) is 7.62. The van der Waals surface area contributed by atoms with Gasteiger partial charge in [-0.05, 0) is 25.4 Å². The van der Waals surface area contributed by atoms with Crippen LogP contribution in [0, 0.1) is 5.92 Å². The summed E-state index contributed by atoms with van der Waals surface area (Å²) in [6, 6.07) is 0. The van der Waals surface area contributed by atoms with Crippen LogP contribution in [-0.2, 0) is 8.85 Å². The van der Waals surface area contributed by atoms with Crippen molar-refractivity contribution in [3.05, 3.63) is 0 Å². The molecule has 0 saturated heterocycles. The Balaban J connectivity index is 3.23. The monoisotopic (exact) mass is 414 g/mol. The maximum absolute atomic E-state index is 6.06. The van der Waals surface area contributed by atoms with Gasteiger partial charge in [-0.2, -0.15) is 0 Å². The molecule has 0 heterocycles. The van der Waals surface area contributed by atoms with E-state index in [0.717, 1.165) is 13.2 Å². The predicted octanol–water partition coefficient (Wildman–Crippen LogP) is 9.03. The van der Waals surface area contributed by atoms with E-state index in [-0.39, 0.29) is 0 Å². The fraction of sp³-hybridized carbons (Fsp3) is 1.00. The van der Waals surface area contributed by atoms with E-state index in [1.807, 2.05) is 0 Å². The van der Waals surface area contributed by atoms with E-state index >= 15 is 0 Å². The van der Waals surface area contributed by atoms with Gasteiger partial charge in [0.15, 0.2) is 0 Å². The van der Waals surface area contributed by atoms with E-state index in [0.29, 0.717) is 5.92 Å². The van der Waals surface area contributed by atoms with Gasteiger partial charge in [-0.1, -0.05) is 124 Å². The molecule has 1 atom stereocenters. The van der Waals surface area contributed by atoms with Crippen LogP contribution in [0.5, 0.6) is 0 Å². The van der Waals surface area contributed by atoms with Crippen molar-refractivity contribution in [2.45, 2.75) is 143 Å². The molecule has 0 N–H and O–H groups in total. The van der Waals surface area contributed by atoms with Crippen LogP contribution in [-0.4, -0.2) is 21.8 Å². The van der Waals surface area contributed by atoms with Crippen LogP contribution >= 0.6 is 0 Å². The third kappa shape index (κ3) is 20.9. The summed E-state index contributed by atoms with van der Waals surface area (Å²) in [5, 5.41) is 0. The molecule has 170 valence electrons. The Morgan fingerprint density at radius 2 is 0.964 bits per heavy atom. The largest absolute Gasteiger partial charge is 0.395 e. The maximum atomic E-state index is 6.06. The van der Waals surface area contributed by atoms with Gasteiger partial charge < -0.3 is 8.85 Å². The van der Waals surface area contributed by atoms with E-state index < -0.39 is 8.56 Å². The molecule has 0 saturated carbocycles. The lowest BCUT2D eigenvalue weighted by Crippen LogP contribution is -2.36. The smallest absolute Gasteiger partial charge is 0.331 e. The first-order valence-corrected chi connectivity index (χ1v) is 15.6. The van der Waals surface area contributed by atoms with Gasteiger partial charge in [0.25, 0.3) is 0 Å². The van der Waals surface area contributed by atoms with Crippen LogP contribution in [0.1, 0.15) is 130 Å². The summed E-state index contributed by atoms with van der Waals surface area (Å²) in [5.74, 6) is 0.644. The molecular weight excluding hydrogens is 360 g/mol. The molecule has 3 heteroatoms. The standard InChI is InChI=1S/C25H54O2Si/c1-6-8-9-10-11-12-13-14-15-16-17-18-19-20-21-22-23-26-28(4,5)27-24-25(3)7-2/h25H,6-24H2,1-5H3. The zero-order valence-electron chi connectivity index (χ0n) is 20.3. The molecular formula is C25H54O2Si. The Morgan fingerprint density at radius 1 is 0.571 bits per heavy atom. The normalized spacial score (nSPS) is 13.2. The second-order valence-electron chi connectivity index (χ2n) is 9.38. The van der Waals surface area contributed by atoms with Gasteiger partial charge in [-0.25, -0.2) is 0 Å². The second-order valence-corrected chi connectivity index (χ2v) is 12.8. The molecule has 0 aliphatic carbocycles. The molecule has 0 aromatic rings. The minimum atomic E-state index is -1.89. The van der Waals surface area contributed by atoms with Crippen molar-refractivity contribution in [1.29, 1.82) is 0 Å². The lowest BCUT2D eigenvalue weighted by atomic mass is 10.0. The summed E-state index contributed by atoms with van der Waals surface area (Å²) in [5.41, 5.74) is 0. The molecule has 0 spiro atoms. The quantitative estimate of drug-likeness (QED) is 0.130. The fourth-order valence-electron chi connectivity index (χ4n) is 3.47. The maximum Gasteiger partial charge on any atom is 0.331 e. The van der Waals surface area contributed by atoms with Crippen LogP contribution in [0.15, 0.2) is 0 Å². The summed E-state index contributed by atoms with van der Waals surface area (Å²) in [6.45, 7) is 12.9. The summed E-state index contributed by atoms with van der Waals surface area (Å²) < 4.78 is 12.1. The van der Waals surface area contributed by atoms with Gasteiger partial charge in [0.1, 0.15) is 0 Å². The van der Waals surface area contributed by atoms with Gasteiger partial charge >= 0.3 is 8.56 Å². The van der Waals surface area contributed by atoms with Crippen molar-refractivity contribution in [3.63, 3.8) is 0 Å². The van der Waals surface area contributed by atoms with Crippen LogP contribution < -0.4 is 0 Å². The molecule has 0 amide bonds. The zero-order valence-corrected chi connectivity index (χ0v) is 21.3. The van der Waals surface area contributed by atoms with E-state index in [2.05, 4.69) is 33.9 Å². The van der Waals surface area contributed by atoms with Crippen molar-refractivity contribution >= 4 is 8.56 Å². The number of unbranched alkanes of at least 4 members (excludes halogenated alkanes) is 15. The third-order valence-electron chi connectivity index (χ3n) is 5.86. The molecule has 0 radical (unpaired) electrons. The van der Waals surface area contributed by atoms with E-state index in [1.165, 1.54) is 109 Å². The summed E-state index contributed by atoms with van der Waals surface area (Å²) in [4.78, 5) is 0. The van der Waals surface area contributed by atoms with Gasteiger partial charge in [0.05, 0.1) is 0 Å². The topological polar surface area (TPSA) is 18.5 Å². The minimum absolute atomic E-state index is 0.644. The van der Waals surface area contributed by atoms with Crippen molar-refractivity contribution in [2.75, 3.05) is 13.2 Å². The second kappa shape index (κ2) is 20.4. The van der Waals surface area contributed by atoms with Gasteiger partial charge in [-0.15, -0.1) is 0 Å². The minimum Gasteiger partial charge on any atom is -0.395 e. The highest BCUT2D eigenvalue weighted by molar-refractivity contribution is 6.64. The Morgan fingerprint density at radius 3 is 1.36 bits per heavy atom. The van der Waals surface area contributed by atoms with Gasteiger partial charge in [-0.3, -0.25) is 0 Å². The molecule has 0 bridgehead atoms. The molecule has 0 aromatic heterocycles. The first-order valence-electron chi connectivity index (χ1n) is 12.8. The molecule has 0 aromatic carbocycles. The van der Waals surface area contributed by atoms with Crippen molar-refractivity contribution < 1.29 is 8.85 Å². The van der Waals surface area contributed by atoms with Gasteiger partial charge in [0.2, 0.25) is 0 Å². The Hall–Kier alpha value is 0.137. The van der Waals surface area contributed by atoms with Crippen molar-refractivity contribution in [2.24, 2.45) is 5.92 Å². The summed E-state index contributed by atoms with van der Waals surface area (Å²) in [6.07, 6.45) is 23.8. The first-order chi connectivity index (χ1) is 13.5. The highest BCUT2D eigenvalue weighted by atomic mass is 28.4. The summed E-state index contributed by atoms with van der Waals surface area (Å²) >= 11 is 0. The Kier molecular flexibility index (Phi) is 20.5. The average molecular weight is 415 g/mol. The molecule has 0 aliphatic rings. The zero-order chi connectivity index (χ0) is 20.9. The molecule has 28 heavy (non-hydrogen) atoms. The summed E-state index contributed by atoms with van der Waals surface area (Å²) in [7, 11) is -1.89. The Bertz CT molecular complexity index is 307. The number of hydrogen-bond donors (Lipinski definition) is 0. The van der Waals surface area contributed by atoms with Crippen molar-refractivity contribution in [1.82, 2.24) is 0 Å². The SMILES string of the molecule is CCCCCCCCCCCCCCCCCCO[Si](C)(C)OCC(C)CC. The molecule has 0 fully saturated rings. The molecule has 1 unspecified atom stereocenters. The van der Waals surface area contributed by atoms with Crippen LogP contribution in [0.25, 0.3) is 0 Å². The first kappa shape index (κ1) is 28.1. The molecule has 0 rings (SSSR count). The molecule has 0 aliphatic heterocycles. The van der Waals surface area contributed by atoms with E-state index in [1.54, 1.807) is 0 Å². The number of rotatable bonds is 22. The van der Waals surface area contributed by atoms with E-state index in [9.17, 15) is 0 Å². The van der Waals surface area contributed by atoms with Crippen LogP contribution in [0.2, 0.25) is 13.1 Å². The van der Waals surface area contributed by atoms with Gasteiger partial charge in [0, 0.05) is 13.2 Å². The fourth-order valence-corrected chi connectivity index (χ4v) is 4.88. The van der Waals surface area contributed by atoms with Crippen LogP contribution in [0.3, 0.4) is 0 Å². The Labute approximate surface area is 179 Å². The van der Waals surface area contributed by atoms with Crippen molar-refractivity contribution in [3.8, 4) is 0 Å². The predicted molar refractivity (Wildman–Crippen MR) is 128 cm³/mol. The van der Waals surface area contributed by atoms with E-state index in [4.69, 9.17) is 8.85 Å². The number of hydrogen-bond acceptors (Lipinski definition) is 2.